The molecule has 3 nitrogen and oxygen atoms in total. The molecule has 0 N–H and O–H groups in total. The second-order valence-corrected chi connectivity index (χ2v) is 8.70. The Bertz CT molecular complexity index is 1590. The molecule has 0 saturated heterocycles. The molecule has 0 aliphatic heterocycles. The summed E-state index contributed by atoms with van der Waals surface area (Å²) in [5, 5.41) is 2.18. The summed E-state index contributed by atoms with van der Waals surface area (Å²) in [5.74, 6) is 0.666. The Morgan fingerprint density at radius 3 is 2.16 bits per heavy atom. The lowest BCUT2D eigenvalue weighted by Gasteiger charge is -2.11. The Kier molecular flexibility index (Phi) is 4.72. The van der Waals surface area contributed by atoms with Crippen molar-refractivity contribution in [1.82, 2.24) is 9.97 Å². The van der Waals surface area contributed by atoms with Gasteiger partial charge in [0.15, 0.2) is 5.82 Å². The van der Waals surface area contributed by atoms with E-state index < -0.39 is 0 Å². The van der Waals surface area contributed by atoms with E-state index in [1.54, 1.807) is 0 Å². The van der Waals surface area contributed by atoms with E-state index in [-0.39, 0.29) is 0 Å². The molecule has 0 radical (unpaired) electrons. The van der Waals surface area contributed by atoms with Gasteiger partial charge in [-0.15, -0.1) is 0 Å². The third-order valence-electron chi connectivity index (χ3n) is 5.63. The second-order valence-electron chi connectivity index (χ2n) is 7.59. The van der Waals surface area contributed by atoms with Crippen molar-refractivity contribution in [2.45, 2.75) is 0 Å². The fourth-order valence-corrected chi connectivity index (χ4v) is 4.70. The van der Waals surface area contributed by atoms with E-state index >= 15 is 0 Å². The van der Waals surface area contributed by atoms with Gasteiger partial charge in [0, 0.05) is 16.3 Å². The van der Waals surface area contributed by atoms with Gasteiger partial charge >= 0.3 is 0 Å². The van der Waals surface area contributed by atoms with Crippen molar-refractivity contribution < 1.29 is 4.42 Å². The van der Waals surface area contributed by atoms with Crippen LogP contribution in [0.25, 0.3) is 55.7 Å². The SMILES string of the molecule is Ic1cc(-c2ccccc2-c2ccccc2)nc(-c2cccc3c2oc2ccccc23)n1. The maximum atomic E-state index is 6.23. The molecule has 4 aromatic carbocycles. The van der Waals surface area contributed by atoms with E-state index in [1.165, 1.54) is 0 Å². The van der Waals surface area contributed by atoms with Crippen LogP contribution >= 0.6 is 22.6 Å². The van der Waals surface area contributed by atoms with E-state index in [1.807, 2.05) is 42.5 Å². The summed E-state index contributed by atoms with van der Waals surface area (Å²) in [6.45, 7) is 0. The summed E-state index contributed by atoms with van der Waals surface area (Å²) in [6, 6.07) is 35.1. The quantitative estimate of drug-likeness (QED) is 0.174. The summed E-state index contributed by atoms with van der Waals surface area (Å²) < 4.78 is 7.12. The molecule has 152 valence electrons. The van der Waals surface area contributed by atoms with Gasteiger partial charge in [-0.1, -0.05) is 84.9 Å². The fourth-order valence-electron chi connectivity index (χ4n) is 4.18. The molecule has 2 aromatic heterocycles. The summed E-state index contributed by atoms with van der Waals surface area (Å²) in [7, 11) is 0. The van der Waals surface area contributed by atoms with Crippen molar-refractivity contribution in [2.75, 3.05) is 0 Å². The molecule has 0 spiro atoms. The number of rotatable bonds is 3. The van der Waals surface area contributed by atoms with Crippen LogP contribution in [-0.2, 0) is 0 Å². The average Bonchev–Trinajstić information content (AvgIpc) is 3.23. The highest BCUT2D eigenvalue weighted by Crippen LogP contribution is 2.36. The molecule has 6 aromatic rings. The Morgan fingerprint density at radius 2 is 1.28 bits per heavy atom. The smallest absolute Gasteiger partial charge is 0.164 e. The van der Waals surface area contributed by atoms with Crippen LogP contribution in [-0.4, -0.2) is 9.97 Å². The van der Waals surface area contributed by atoms with Crippen molar-refractivity contribution in [3.05, 3.63) is 107 Å². The number of halogens is 1. The summed E-state index contributed by atoms with van der Waals surface area (Å²) >= 11 is 2.27. The first kappa shape index (κ1) is 19.2. The third kappa shape index (κ3) is 3.28. The maximum absolute atomic E-state index is 6.23. The highest BCUT2D eigenvalue weighted by atomic mass is 127. The number of nitrogens with zero attached hydrogens (tertiary/aromatic N) is 2. The topological polar surface area (TPSA) is 38.9 Å². The molecule has 0 bridgehead atoms. The van der Waals surface area contributed by atoms with Gasteiger partial charge in [0.25, 0.3) is 0 Å². The zero-order valence-corrected chi connectivity index (χ0v) is 19.2. The van der Waals surface area contributed by atoms with Gasteiger partial charge in [-0.25, -0.2) is 9.97 Å². The molecule has 0 unspecified atom stereocenters. The first-order chi connectivity index (χ1) is 15.8. The monoisotopic (exact) mass is 524 g/mol. The van der Waals surface area contributed by atoms with Gasteiger partial charge in [0.1, 0.15) is 14.9 Å². The maximum Gasteiger partial charge on any atom is 0.164 e. The highest BCUT2D eigenvalue weighted by molar-refractivity contribution is 14.1. The largest absolute Gasteiger partial charge is 0.455 e. The molecule has 0 saturated carbocycles. The van der Waals surface area contributed by atoms with Gasteiger partial charge in [-0.05, 0) is 51.9 Å². The van der Waals surface area contributed by atoms with Crippen molar-refractivity contribution >= 4 is 44.5 Å². The lowest BCUT2D eigenvalue weighted by atomic mass is 9.97. The fraction of sp³-hybridized carbons (Fsp3) is 0. The van der Waals surface area contributed by atoms with Crippen LogP contribution in [0.5, 0.6) is 0 Å². The van der Waals surface area contributed by atoms with Gasteiger partial charge in [-0.2, -0.15) is 0 Å². The van der Waals surface area contributed by atoms with Crippen molar-refractivity contribution in [3.8, 4) is 33.8 Å². The Balaban J connectivity index is 1.57. The third-order valence-corrected chi connectivity index (χ3v) is 6.18. The normalized spacial score (nSPS) is 11.3. The molecule has 0 aliphatic rings. The van der Waals surface area contributed by atoms with E-state index in [0.717, 1.165) is 53.6 Å². The number of benzene rings is 4. The first-order valence-electron chi connectivity index (χ1n) is 10.4. The highest BCUT2D eigenvalue weighted by Gasteiger charge is 2.16. The molecule has 2 heterocycles. The number of hydrogen-bond acceptors (Lipinski definition) is 3. The lowest BCUT2D eigenvalue weighted by molar-refractivity contribution is 0.669. The average molecular weight is 524 g/mol. The zero-order valence-electron chi connectivity index (χ0n) is 17.0. The standard InChI is InChI=1S/C28H17IN2O/c29-26-17-24(20-12-5-4-11-19(20)18-9-2-1-3-10-18)30-28(31-26)23-15-8-14-22-21-13-6-7-16-25(21)32-27(22)23/h1-17H. The molecule has 0 amide bonds. The first-order valence-corrected chi connectivity index (χ1v) is 11.5. The van der Waals surface area contributed by atoms with Gasteiger partial charge < -0.3 is 4.42 Å². The summed E-state index contributed by atoms with van der Waals surface area (Å²) in [5.41, 5.74) is 6.88. The molecule has 0 aliphatic carbocycles. The Hall–Kier alpha value is -3.51. The van der Waals surface area contributed by atoms with Crippen molar-refractivity contribution in [3.63, 3.8) is 0 Å². The summed E-state index contributed by atoms with van der Waals surface area (Å²) in [4.78, 5) is 9.77. The van der Waals surface area contributed by atoms with Crippen molar-refractivity contribution in [2.24, 2.45) is 0 Å². The minimum Gasteiger partial charge on any atom is -0.455 e. The van der Waals surface area contributed by atoms with Crippen LogP contribution in [0.1, 0.15) is 0 Å². The van der Waals surface area contributed by atoms with Crippen molar-refractivity contribution in [1.29, 1.82) is 0 Å². The minimum absolute atomic E-state index is 0.666. The van der Waals surface area contributed by atoms with Crippen LogP contribution < -0.4 is 0 Å². The van der Waals surface area contributed by atoms with Gasteiger partial charge in [0.05, 0.1) is 11.3 Å². The number of para-hydroxylation sites is 2. The number of aromatic nitrogens is 2. The predicted octanol–water partition coefficient (Wildman–Crippen LogP) is 7.98. The molecule has 0 fully saturated rings. The molecule has 32 heavy (non-hydrogen) atoms. The Labute approximate surface area is 198 Å². The van der Waals surface area contributed by atoms with E-state index in [4.69, 9.17) is 14.4 Å². The zero-order chi connectivity index (χ0) is 21.5. The lowest BCUT2D eigenvalue weighted by Crippen LogP contribution is -1.96. The van der Waals surface area contributed by atoms with Gasteiger partial charge in [-0.3, -0.25) is 0 Å². The second kappa shape index (κ2) is 7.88. The van der Waals surface area contributed by atoms with Gasteiger partial charge in [0.2, 0.25) is 0 Å². The van der Waals surface area contributed by atoms with E-state index in [2.05, 4.69) is 83.3 Å². The number of hydrogen-bond donors (Lipinski definition) is 0. The Morgan fingerprint density at radius 1 is 0.594 bits per heavy atom. The van der Waals surface area contributed by atoms with E-state index in [0.29, 0.717) is 5.82 Å². The van der Waals surface area contributed by atoms with Crippen LogP contribution in [0, 0.1) is 3.70 Å². The van der Waals surface area contributed by atoms with Crippen LogP contribution in [0.15, 0.2) is 108 Å². The molecule has 0 atom stereocenters. The van der Waals surface area contributed by atoms with E-state index in [9.17, 15) is 0 Å². The van der Waals surface area contributed by atoms with Crippen LogP contribution in [0.4, 0.5) is 0 Å². The number of furan rings is 1. The number of fused-ring (bicyclic) bond motifs is 3. The molecular weight excluding hydrogens is 507 g/mol. The van der Waals surface area contributed by atoms with Crippen LogP contribution in [0.3, 0.4) is 0 Å². The predicted molar refractivity (Wildman–Crippen MR) is 138 cm³/mol. The minimum atomic E-state index is 0.666. The molecule has 4 heteroatoms. The molecular formula is C28H17IN2O. The summed E-state index contributed by atoms with van der Waals surface area (Å²) in [6.07, 6.45) is 0. The molecule has 6 rings (SSSR count). The van der Waals surface area contributed by atoms with Crippen LogP contribution in [0.2, 0.25) is 0 Å².